The summed E-state index contributed by atoms with van der Waals surface area (Å²) in [6.07, 6.45) is 0. The minimum Gasteiger partial charge on any atom is -0.166 e. The second kappa shape index (κ2) is 8.83. The van der Waals surface area contributed by atoms with Crippen LogP contribution in [0.15, 0.2) is 0 Å². The first-order valence-corrected chi connectivity index (χ1v) is 0.926. The Bertz CT molecular complexity index is 6.00. The van der Waals surface area contributed by atoms with Gasteiger partial charge in [0.15, 0.2) is 0 Å². The van der Waals surface area contributed by atoms with Crippen LogP contribution in [-0.4, -0.2) is 0 Å². The minimum absolute atomic E-state index is 0. The van der Waals surface area contributed by atoms with Crippen molar-refractivity contribution in [3.63, 3.8) is 0 Å². The molecule has 0 fully saturated rings. The number of hydrogen-bond acceptors (Lipinski definition) is 1. The first-order chi connectivity index (χ1) is 1.41. The van der Waals surface area contributed by atoms with Gasteiger partial charge in [-0.1, -0.05) is 0 Å². The monoisotopic (exact) mass is 176 g/mol. The van der Waals surface area contributed by atoms with Gasteiger partial charge in [0.1, 0.15) is 0 Å². The van der Waals surface area contributed by atoms with Gasteiger partial charge in [-0.05, 0) is 0 Å². The van der Waals surface area contributed by atoms with Crippen LogP contribution in [0, 0.1) is 0 Å². The molecular formula is Cl2OZr+4. The first kappa shape index (κ1) is 9.05. The summed E-state index contributed by atoms with van der Waals surface area (Å²) in [5, 5.41) is 0. The molecule has 0 amide bonds. The van der Waals surface area contributed by atoms with E-state index in [1.165, 1.54) is 0 Å². The maximum atomic E-state index is 4.26. The zero-order chi connectivity index (χ0) is 2.71. The molecule has 0 aliphatic rings. The molecular weight excluding hydrogens is 178 g/mol. The minimum atomic E-state index is 0. The number of rotatable bonds is 0. The molecule has 0 bridgehead atoms. The van der Waals surface area contributed by atoms with Gasteiger partial charge in [-0.3, -0.25) is 0 Å². The van der Waals surface area contributed by atoms with Gasteiger partial charge >= 0.3 is 26.2 Å². The molecule has 0 heterocycles. The Morgan fingerprint density at radius 2 is 1.25 bits per heavy atom. The summed E-state index contributed by atoms with van der Waals surface area (Å²) in [6.45, 7) is 0. The smallest absolute Gasteiger partial charge is 0.166 e. The topological polar surface area (TPSA) is 9.23 Å². The van der Waals surface area contributed by atoms with Crippen LogP contribution in [0.2, 0.25) is 0 Å². The van der Waals surface area contributed by atoms with Crippen molar-refractivity contribution in [1.29, 1.82) is 0 Å². The summed E-state index contributed by atoms with van der Waals surface area (Å²) in [5.41, 5.74) is 0. The molecule has 0 radical (unpaired) electrons. The molecule has 0 atom stereocenters. The van der Waals surface area contributed by atoms with E-state index in [-0.39, 0.29) is 26.2 Å². The van der Waals surface area contributed by atoms with Crippen LogP contribution in [0.5, 0.6) is 0 Å². The van der Waals surface area contributed by atoms with Gasteiger partial charge in [-0.25, -0.2) is 0 Å². The fourth-order valence-electron chi connectivity index (χ4n) is 0. The molecule has 0 saturated carbocycles. The van der Waals surface area contributed by atoms with Crippen molar-refractivity contribution in [3.8, 4) is 0 Å². The van der Waals surface area contributed by atoms with Crippen molar-refractivity contribution >= 4 is 23.7 Å². The average Bonchev–Trinajstić information content (AvgIpc) is 0.918. The van der Waals surface area contributed by atoms with Gasteiger partial charge in [0.2, 0.25) is 0 Å². The van der Waals surface area contributed by atoms with Crippen LogP contribution in [-0.2, 0) is 30.0 Å². The summed E-state index contributed by atoms with van der Waals surface area (Å²) in [5.74, 6) is 0. The van der Waals surface area contributed by atoms with E-state index in [0.717, 1.165) is 0 Å². The van der Waals surface area contributed by atoms with Crippen molar-refractivity contribution in [2.75, 3.05) is 0 Å². The second-order valence-electron chi connectivity index (χ2n) is 0.0583. The Labute approximate surface area is 53.7 Å². The Morgan fingerprint density at radius 1 is 1.25 bits per heavy atom. The third-order valence-corrected chi connectivity index (χ3v) is 0. The summed E-state index contributed by atoms with van der Waals surface area (Å²) in [4.78, 5) is 0. The van der Waals surface area contributed by atoms with Crippen LogP contribution in [0.25, 0.3) is 0 Å². The fourth-order valence-corrected chi connectivity index (χ4v) is 0. The molecule has 20 valence electrons. The molecule has 0 aromatic rings. The molecule has 1 nitrogen and oxygen atoms in total. The summed E-state index contributed by atoms with van der Waals surface area (Å²) in [6, 6.07) is 0. The Morgan fingerprint density at radius 3 is 1.25 bits per heavy atom. The van der Waals surface area contributed by atoms with Crippen molar-refractivity contribution in [1.82, 2.24) is 0 Å². The second-order valence-corrected chi connectivity index (χ2v) is 0.525. The fraction of sp³-hybridized carbons (Fsp3) is 0. The van der Waals surface area contributed by atoms with E-state index in [9.17, 15) is 0 Å². The molecule has 0 N–H and O–H groups in total. The summed E-state index contributed by atoms with van der Waals surface area (Å²) < 4.78 is 3.19. The molecule has 0 aliphatic carbocycles. The van der Waals surface area contributed by atoms with E-state index in [2.05, 4.69) is 27.6 Å². The van der Waals surface area contributed by atoms with Crippen molar-refractivity contribution < 1.29 is 30.0 Å². The van der Waals surface area contributed by atoms with Gasteiger partial charge < -0.3 is 0 Å². The summed E-state index contributed by atoms with van der Waals surface area (Å²) >= 11 is 8.53. The maximum Gasteiger partial charge on any atom is 4.00 e. The predicted molar refractivity (Wildman–Crippen MR) is 12.8 cm³/mol. The average molecular weight is 178 g/mol. The predicted octanol–water partition coefficient (Wildman–Crippen LogP) is 1.31. The van der Waals surface area contributed by atoms with E-state index in [1.807, 2.05) is 0 Å². The Balaban J connectivity index is 0. The molecule has 0 aromatic heterocycles. The molecule has 0 aliphatic heterocycles. The quantitative estimate of drug-likeness (QED) is 0.543. The van der Waals surface area contributed by atoms with Crippen molar-refractivity contribution in [2.24, 2.45) is 0 Å². The Hall–Kier alpha value is 1.42. The van der Waals surface area contributed by atoms with Gasteiger partial charge in [0.25, 0.3) is 0 Å². The van der Waals surface area contributed by atoms with Gasteiger partial charge in [-0.15, -0.1) is 0 Å². The van der Waals surface area contributed by atoms with E-state index in [0.29, 0.717) is 0 Å². The molecule has 0 saturated heterocycles. The van der Waals surface area contributed by atoms with Crippen LogP contribution in [0.3, 0.4) is 0 Å². The zero-order valence-corrected chi connectivity index (χ0v) is 5.63. The third-order valence-electron chi connectivity index (χ3n) is 0. The maximum absolute atomic E-state index is 4.26. The van der Waals surface area contributed by atoms with Crippen LogP contribution >= 0.6 is 23.7 Å². The molecule has 0 aromatic carbocycles. The number of hydrogen-bond donors (Lipinski definition) is 0. The zero-order valence-electron chi connectivity index (χ0n) is 1.66. The van der Waals surface area contributed by atoms with E-state index < -0.39 is 0 Å². The molecule has 0 rings (SSSR count). The van der Waals surface area contributed by atoms with Gasteiger partial charge in [-0.2, -0.15) is 3.84 Å². The third kappa shape index (κ3) is 9.92. The molecule has 4 heteroatoms. The van der Waals surface area contributed by atoms with Crippen LogP contribution in [0.1, 0.15) is 0 Å². The largest absolute Gasteiger partial charge is 4.00 e. The molecule has 0 unspecified atom stereocenters. The molecule has 4 heavy (non-hydrogen) atoms. The van der Waals surface area contributed by atoms with Crippen molar-refractivity contribution in [3.05, 3.63) is 0 Å². The van der Waals surface area contributed by atoms with Crippen LogP contribution in [0.4, 0.5) is 0 Å². The molecule has 0 spiro atoms. The first-order valence-electron chi connectivity index (χ1n) is 0.309. The summed E-state index contributed by atoms with van der Waals surface area (Å²) in [7, 11) is 0. The van der Waals surface area contributed by atoms with Crippen molar-refractivity contribution in [2.45, 2.75) is 0 Å². The van der Waals surface area contributed by atoms with Crippen LogP contribution < -0.4 is 0 Å². The standard InChI is InChI=1S/Cl2O.Zr/c1-3-2;/q;+4. The van der Waals surface area contributed by atoms with E-state index >= 15 is 0 Å². The SMILES string of the molecule is ClOCl.[Zr+4]. The number of halogens is 2. The van der Waals surface area contributed by atoms with E-state index in [4.69, 9.17) is 0 Å². The Kier molecular flexibility index (Phi) is 20.0. The van der Waals surface area contributed by atoms with Gasteiger partial charge in [0, 0.05) is 0 Å². The normalized spacial score (nSPS) is 4.50. The van der Waals surface area contributed by atoms with E-state index in [1.54, 1.807) is 0 Å². The van der Waals surface area contributed by atoms with Gasteiger partial charge in [0.05, 0.1) is 23.7 Å².